The Morgan fingerprint density at radius 2 is 1.67 bits per heavy atom. The van der Waals surface area contributed by atoms with Crippen LogP contribution < -0.4 is 5.46 Å². The van der Waals surface area contributed by atoms with Crippen molar-refractivity contribution in [1.82, 2.24) is 4.90 Å². The average molecular weight is 291 g/mol. The molecular weight excluding hydrogens is 269 g/mol. The van der Waals surface area contributed by atoms with Crippen LogP contribution in [0.3, 0.4) is 0 Å². The minimum atomic E-state index is -0.690. The normalized spacial score (nSPS) is 19.6. The first-order valence-corrected chi connectivity index (χ1v) is 6.96. The number of phenols is 1. The van der Waals surface area contributed by atoms with E-state index in [2.05, 4.69) is 0 Å². The SMILES string of the molecule is CN(C)C(=O)c1cccc(B2OC(C)(C)C(C)(C)O2)c1O. The monoisotopic (exact) mass is 291 g/mol. The molecule has 0 aromatic heterocycles. The predicted molar refractivity (Wildman–Crippen MR) is 81.8 cm³/mol. The maximum Gasteiger partial charge on any atom is 0.498 e. The standard InChI is InChI=1S/C15H22BNO4/c1-14(2)15(3,4)21-16(20-14)11-9-7-8-10(12(11)18)13(19)17(5)6/h7-9,18H,1-6H3. The zero-order valence-corrected chi connectivity index (χ0v) is 13.4. The Morgan fingerprint density at radius 3 is 2.14 bits per heavy atom. The molecule has 0 spiro atoms. The number of hydrogen-bond donors (Lipinski definition) is 1. The molecule has 21 heavy (non-hydrogen) atoms. The third kappa shape index (κ3) is 2.65. The molecule has 2 rings (SSSR count). The number of benzene rings is 1. The molecule has 1 fully saturated rings. The minimum absolute atomic E-state index is 0.0882. The van der Waals surface area contributed by atoms with Crippen LogP contribution in [0.2, 0.25) is 0 Å². The molecule has 6 heteroatoms. The molecule has 1 heterocycles. The van der Waals surface area contributed by atoms with Crippen LogP contribution in [0.15, 0.2) is 18.2 Å². The van der Waals surface area contributed by atoms with E-state index in [0.717, 1.165) is 0 Å². The molecular formula is C15H22BNO4. The summed E-state index contributed by atoms with van der Waals surface area (Å²) in [6.45, 7) is 7.77. The minimum Gasteiger partial charge on any atom is -0.507 e. The summed E-state index contributed by atoms with van der Waals surface area (Å²) in [4.78, 5) is 13.5. The average Bonchev–Trinajstić information content (AvgIpc) is 2.57. The summed E-state index contributed by atoms with van der Waals surface area (Å²) in [5.41, 5.74) is -0.272. The van der Waals surface area contributed by atoms with E-state index in [4.69, 9.17) is 9.31 Å². The van der Waals surface area contributed by atoms with Crippen molar-refractivity contribution in [3.8, 4) is 5.75 Å². The van der Waals surface area contributed by atoms with Gasteiger partial charge in [0.1, 0.15) is 5.75 Å². The van der Waals surface area contributed by atoms with E-state index >= 15 is 0 Å². The fraction of sp³-hybridized carbons (Fsp3) is 0.533. The second kappa shape index (κ2) is 5.03. The fourth-order valence-corrected chi connectivity index (χ4v) is 2.14. The van der Waals surface area contributed by atoms with Crippen molar-refractivity contribution in [3.05, 3.63) is 23.8 Å². The summed E-state index contributed by atoms with van der Waals surface area (Å²) in [5.74, 6) is -0.347. The van der Waals surface area contributed by atoms with Gasteiger partial charge in [0, 0.05) is 19.6 Å². The predicted octanol–water partition coefficient (Wildman–Crippen LogP) is 1.39. The second-order valence-corrected chi connectivity index (χ2v) is 6.53. The van der Waals surface area contributed by atoms with Gasteiger partial charge < -0.3 is 19.3 Å². The lowest BCUT2D eigenvalue weighted by Crippen LogP contribution is -2.41. The lowest BCUT2D eigenvalue weighted by atomic mass is 9.77. The molecule has 0 aliphatic carbocycles. The molecule has 1 aromatic carbocycles. The van der Waals surface area contributed by atoms with Crippen molar-refractivity contribution >= 4 is 18.5 Å². The van der Waals surface area contributed by atoms with Gasteiger partial charge >= 0.3 is 7.12 Å². The molecule has 1 aromatic rings. The fourth-order valence-electron chi connectivity index (χ4n) is 2.14. The van der Waals surface area contributed by atoms with Crippen molar-refractivity contribution in [2.24, 2.45) is 0 Å². The van der Waals surface area contributed by atoms with Crippen molar-refractivity contribution in [2.75, 3.05) is 14.1 Å². The molecule has 0 bridgehead atoms. The number of para-hydroxylation sites is 1. The zero-order valence-electron chi connectivity index (χ0n) is 13.4. The van der Waals surface area contributed by atoms with Crippen molar-refractivity contribution in [2.45, 2.75) is 38.9 Å². The Balaban J connectivity index is 2.39. The number of carbonyl (C=O) groups excluding carboxylic acids is 1. The van der Waals surface area contributed by atoms with Crippen LogP contribution in [-0.4, -0.2) is 48.3 Å². The van der Waals surface area contributed by atoms with Gasteiger partial charge in [0.15, 0.2) is 0 Å². The van der Waals surface area contributed by atoms with Crippen LogP contribution in [0.25, 0.3) is 0 Å². The van der Waals surface area contributed by atoms with Crippen molar-refractivity contribution in [1.29, 1.82) is 0 Å². The number of hydrogen-bond acceptors (Lipinski definition) is 4. The van der Waals surface area contributed by atoms with Gasteiger partial charge in [0.2, 0.25) is 0 Å². The highest BCUT2D eigenvalue weighted by Gasteiger charge is 2.52. The van der Waals surface area contributed by atoms with E-state index in [0.29, 0.717) is 5.46 Å². The summed E-state index contributed by atoms with van der Waals surface area (Å²) in [6.07, 6.45) is 0. The zero-order chi connectivity index (χ0) is 16.0. The van der Waals surface area contributed by atoms with Gasteiger partial charge in [0.25, 0.3) is 5.91 Å². The number of amides is 1. The summed E-state index contributed by atoms with van der Waals surface area (Å²) in [6, 6.07) is 5.02. The van der Waals surface area contributed by atoms with E-state index < -0.39 is 18.3 Å². The Bertz CT molecular complexity index is 553. The highest BCUT2D eigenvalue weighted by molar-refractivity contribution is 6.63. The van der Waals surface area contributed by atoms with Crippen molar-refractivity contribution in [3.63, 3.8) is 0 Å². The summed E-state index contributed by atoms with van der Waals surface area (Å²) in [5, 5.41) is 10.4. The van der Waals surface area contributed by atoms with E-state index in [-0.39, 0.29) is 17.2 Å². The number of nitrogens with zero attached hydrogens (tertiary/aromatic N) is 1. The quantitative estimate of drug-likeness (QED) is 0.837. The first-order chi connectivity index (χ1) is 9.57. The molecule has 5 nitrogen and oxygen atoms in total. The first-order valence-electron chi connectivity index (χ1n) is 6.96. The molecule has 1 aliphatic rings. The number of rotatable bonds is 2. The number of phenolic OH excluding ortho intramolecular Hbond substituents is 1. The van der Waals surface area contributed by atoms with E-state index in [1.165, 1.54) is 4.90 Å². The van der Waals surface area contributed by atoms with Gasteiger partial charge in [-0.15, -0.1) is 0 Å². The van der Waals surface area contributed by atoms with Crippen LogP contribution in [0.1, 0.15) is 38.1 Å². The van der Waals surface area contributed by atoms with Gasteiger partial charge in [-0.25, -0.2) is 0 Å². The van der Waals surface area contributed by atoms with Gasteiger partial charge in [-0.1, -0.05) is 12.1 Å². The maximum atomic E-state index is 12.1. The van der Waals surface area contributed by atoms with E-state index in [1.807, 2.05) is 27.7 Å². The van der Waals surface area contributed by atoms with Crippen molar-refractivity contribution < 1.29 is 19.2 Å². The largest absolute Gasteiger partial charge is 0.507 e. The Hall–Kier alpha value is -1.53. The number of aromatic hydroxyl groups is 1. The van der Waals surface area contributed by atoms with Gasteiger partial charge in [-0.2, -0.15) is 0 Å². The summed E-state index contributed by atoms with van der Waals surface area (Å²) >= 11 is 0. The molecule has 0 unspecified atom stereocenters. The maximum absolute atomic E-state index is 12.1. The molecule has 0 radical (unpaired) electrons. The molecule has 1 aliphatic heterocycles. The molecule has 114 valence electrons. The van der Waals surface area contributed by atoms with E-state index in [9.17, 15) is 9.90 Å². The van der Waals surface area contributed by atoms with Crippen LogP contribution in [0.5, 0.6) is 5.75 Å². The van der Waals surface area contributed by atoms with Crippen LogP contribution in [-0.2, 0) is 9.31 Å². The van der Waals surface area contributed by atoms with Crippen LogP contribution in [0, 0.1) is 0 Å². The van der Waals surface area contributed by atoms with Crippen LogP contribution >= 0.6 is 0 Å². The Morgan fingerprint density at radius 1 is 1.14 bits per heavy atom. The molecule has 0 saturated carbocycles. The van der Waals surface area contributed by atoms with Gasteiger partial charge in [-0.05, 0) is 33.8 Å². The molecule has 0 atom stereocenters. The molecule has 1 saturated heterocycles. The first kappa shape index (κ1) is 15.9. The molecule has 1 N–H and O–H groups in total. The second-order valence-electron chi connectivity index (χ2n) is 6.53. The lowest BCUT2D eigenvalue weighted by molar-refractivity contribution is 0.00578. The number of carbonyl (C=O) groups is 1. The smallest absolute Gasteiger partial charge is 0.498 e. The Kier molecular flexibility index (Phi) is 3.80. The summed E-state index contributed by atoms with van der Waals surface area (Å²) in [7, 11) is 2.59. The lowest BCUT2D eigenvalue weighted by Gasteiger charge is -2.32. The third-order valence-corrected chi connectivity index (χ3v) is 4.21. The highest BCUT2D eigenvalue weighted by atomic mass is 16.7. The Labute approximate surface area is 126 Å². The van der Waals surface area contributed by atoms with Gasteiger partial charge in [-0.3, -0.25) is 4.79 Å². The van der Waals surface area contributed by atoms with Gasteiger partial charge in [0.05, 0.1) is 16.8 Å². The topological polar surface area (TPSA) is 59.0 Å². The third-order valence-electron chi connectivity index (χ3n) is 4.21. The van der Waals surface area contributed by atoms with E-state index in [1.54, 1.807) is 32.3 Å². The van der Waals surface area contributed by atoms with Crippen LogP contribution in [0.4, 0.5) is 0 Å². The molecule has 1 amide bonds. The highest BCUT2D eigenvalue weighted by Crippen LogP contribution is 2.37. The summed E-state index contributed by atoms with van der Waals surface area (Å²) < 4.78 is 11.8.